The van der Waals surface area contributed by atoms with Crippen LogP contribution in [0.1, 0.15) is 46.0 Å². The van der Waals surface area contributed by atoms with Gasteiger partial charge in [-0.3, -0.25) is 11.3 Å². The van der Waals surface area contributed by atoms with Crippen LogP contribution in [0.5, 0.6) is 0 Å². The molecule has 102 valence electrons. The number of hydrogen-bond acceptors (Lipinski definition) is 2. The lowest BCUT2D eigenvalue weighted by Crippen LogP contribution is -2.48. The van der Waals surface area contributed by atoms with Gasteiger partial charge in [0.25, 0.3) is 0 Å². The Morgan fingerprint density at radius 2 is 1.82 bits per heavy atom. The molecule has 0 aliphatic heterocycles. The van der Waals surface area contributed by atoms with Crippen molar-refractivity contribution in [3.8, 4) is 0 Å². The number of nitrogens with two attached hydrogens (primary N) is 1. The highest BCUT2D eigenvalue weighted by Gasteiger charge is 2.47. The van der Waals surface area contributed by atoms with Crippen LogP contribution >= 0.6 is 0 Å². The van der Waals surface area contributed by atoms with Gasteiger partial charge in [-0.25, -0.2) is 0 Å². The molecule has 2 nitrogen and oxygen atoms in total. The van der Waals surface area contributed by atoms with E-state index in [-0.39, 0.29) is 18.4 Å². The zero-order valence-corrected chi connectivity index (χ0v) is 10.6. The van der Waals surface area contributed by atoms with Gasteiger partial charge in [0, 0.05) is 6.04 Å². The number of hydrogen-bond donors (Lipinski definition) is 2. The second kappa shape index (κ2) is 6.05. The molecule has 0 saturated heterocycles. The fourth-order valence-electron chi connectivity index (χ4n) is 2.92. The first-order valence-electron chi connectivity index (χ1n) is 6.39. The molecular weight excluding hydrogens is 229 g/mol. The number of hydrazine groups is 1. The Bertz CT molecular complexity index is 228. The van der Waals surface area contributed by atoms with E-state index in [0.717, 1.165) is 6.42 Å². The third-order valence-electron chi connectivity index (χ3n) is 3.70. The third kappa shape index (κ3) is 4.14. The molecule has 0 bridgehead atoms. The molecule has 3 atom stereocenters. The summed E-state index contributed by atoms with van der Waals surface area (Å²) < 4.78 is 38.9. The van der Waals surface area contributed by atoms with Crippen LogP contribution in [0.2, 0.25) is 0 Å². The van der Waals surface area contributed by atoms with Gasteiger partial charge in [0.1, 0.15) is 0 Å². The van der Waals surface area contributed by atoms with Gasteiger partial charge in [-0.2, -0.15) is 13.2 Å². The van der Waals surface area contributed by atoms with E-state index in [0.29, 0.717) is 25.2 Å². The number of alkyl halides is 3. The summed E-state index contributed by atoms with van der Waals surface area (Å²) in [6, 6.07) is -0.220. The van der Waals surface area contributed by atoms with E-state index in [9.17, 15) is 13.2 Å². The van der Waals surface area contributed by atoms with Gasteiger partial charge in [-0.05, 0) is 31.1 Å². The van der Waals surface area contributed by atoms with E-state index < -0.39 is 12.1 Å². The quantitative estimate of drug-likeness (QED) is 0.595. The summed E-state index contributed by atoms with van der Waals surface area (Å²) in [5.41, 5.74) is 2.61. The highest BCUT2D eigenvalue weighted by atomic mass is 19.4. The number of halogens is 3. The summed E-state index contributed by atoms with van der Waals surface area (Å²) >= 11 is 0. The monoisotopic (exact) mass is 252 g/mol. The average Bonchev–Trinajstić information content (AvgIpc) is 2.24. The highest BCUT2D eigenvalue weighted by Crippen LogP contribution is 2.43. The summed E-state index contributed by atoms with van der Waals surface area (Å²) in [5, 5.41) is 0. The summed E-state index contributed by atoms with van der Waals surface area (Å²) in [4.78, 5) is 0. The molecule has 0 radical (unpaired) electrons. The van der Waals surface area contributed by atoms with Crippen LogP contribution in [0.15, 0.2) is 0 Å². The molecule has 0 aromatic carbocycles. The molecule has 0 aromatic rings. The normalized spacial score (nSPS) is 28.4. The van der Waals surface area contributed by atoms with Crippen molar-refractivity contribution in [1.29, 1.82) is 0 Å². The van der Waals surface area contributed by atoms with Crippen LogP contribution in [0.25, 0.3) is 0 Å². The second-order valence-corrected chi connectivity index (χ2v) is 5.50. The van der Waals surface area contributed by atoms with Crippen LogP contribution < -0.4 is 11.3 Å². The predicted molar refractivity (Wildman–Crippen MR) is 62.1 cm³/mol. The van der Waals surface area contributed by atoms with E-state index in [1.54, 1.807) is 0 Å². The van der Waals surface area contributed by atoms with Crippen molar-refractivity contribution < 1.29 is 13.2 Å². The van der Waals surface area contributed by atoms with Crippen LogP contribution in [0, 0.1) is 17.8 Å². The zero-order valence-electron chi connectivity index (χ0n) is 10.6. The van der Waals surface area contributed by atoms with Crippen molar-refractivity contribution in [3.63, 3.8) is 0 Å². The molecule has 3 N–H and O–H groups in total. The Labute approximate surface area is 101 Å². The first-order chi connectivity index (χ1) is 7.86. The average molecular weight is 252 g/mol. The Kier molecular flexibility index (Phi) is 5.25. The Balaban J connectivity index is 2.75. The Hall–Kier alpha value is -0.290. The van der Waals surface area contributed by atoms with Gasteiger partial charge in [0.2, 0.25) is 0 Å². The van der Waals surface area contributed by atoms with E-state index >= 15 is 0 Å². The molecule has 3 unspecified atom stereocenters. The highest BCUT2D eigenvalue weighted by molar-refractivity contribution is 4.88. The maximum atomic E-state index is 13.0. The smallest absolute Gasteiger partial charge is 0.271 e. The first-order valence-corrected chi connectivity index (χ1v) is 6.39. The van der Waals surface area contributed by atoms with Gasteiger partial charge < -0.3 is 0 Å². The molecule has 17 heavy (non-hydrogen) atoms. The maximum absolute atomic E-state index is 13.0. The fraction of sp³-hybridized carbons (Fsp3) is 1.00. The van der Waals surface area contributed by atoms with E-state index in [4.69, 9.17) is 5.84 Å². The Morgan fingerprint density at radius 3 is 2.29 bits per heavy atom. The fourth-order valence-corrected chi connectivity index (χ4v) is 2.92. The van der Waals surface area contributed by atoms with Gasteiger partial charge >= 0.3 is 6.18 Å². The van der Waals surface area contributed by atoms with E-state index in [1.807, 2.05) is 13.8 Å². The molecular formula is C12H23F3N2. The number of nitrogens with one attached hydrogen (secondary N) is 1. The number of rotatable bonds is 4. The summed E-state index contributed by atoms with van der Waals surface area (Å²) in [6.07, 6.45) is -0.936. The summed E-state index contributed by atoms with van der Waals surface area (Å²) in [6.45, 7) is 4.02. The minimum absolute atomic E-state index is 0.220. The molecule has 0 spiro atoms. The standard InChI is InChI=1S/C12H23F3N2/c1-8(2)7-11(17-16)9-5-3-4-6-10(9)12(13,14)15/h8-11,17H,3-7,16H2,1-2H3. The van der Waals surface area contributed by atoms with Crippen molar-refractivity contribution in [3.05, 3.63) is 0 Å². The molecule has 5 heteroatoms. The minimum atomic E-state index is -4.09. The molecule has 0 heterocycles. The Morgan fingerprint density at radius 1 is 1.24 bits per heavy atom. The van der Waals surface area contributed by atoms with Crippen LogP contribution in [-0.2, 0) is 0 Å². The van der Waals surface area contributed by atoms with Crippen molar-refractivity contribution >= 4 is 0 Å². The minimum Gasteiger partial charge on any atom is -0.271 e. The lowest BCUT2D eigenvalue weighted by atomic mass is 9.73. The van der Waals surface area contributed by atoms with Crippen molar-refractivity contribution in [1.82, 2.24) is 5.43 Å². The van der Waals surface area contributed by atoms with Crippen LogP contribution in [-0.4, -0.2) is 12.2 Å². The van der Waals surface area contributed by atoms with Gasteiger partial charge in [0.05, 0.1) is 5.92 Å². The SMILES string of the molecule is CC(C)CC(NN)C1CCCCC1C(F)(F)F. The molecule has 1 aliphatic carbocycles. The van der Waals surface area contributed by atoms with Crippen LogP contribution in [0.4, 0.5) is 13.2 Å². The topological polar surface area (TPSA) is 38.0 Å². The molecule has 1 saturated carbocycles. The summed E-state index contributed by atoms with van der Waals surface area (Å²) in [5.74, 6) is 4.24. The lowest BCUT2D eigenvalue weighted by molar-refractivity contribution is -0.199. The van der Waals surface area contributed by atoms with Crippen LogP contribution in [0.3, 0.4) is 0 Å². The molecule has 1 aliphatic rings. The van der Waals surface area contributed by atoms with E-state index in [2.05, 4.69) is 5.43 Å². The molecule has 0 aromatic heterocycles. The second-order valence-electron chi connectivity index (χ2n) is 5.50. The largest absolute Gasteiger partial charge is 0.392 e. The van der Waals surface area contributed by atoms with Gasteiger partial charge in [-0.1, -0.05) is 26.7 Å². The first kappa shape index (κ1) is 14.8. The lowest BCUT2D eigenvalue weighted by Gasteiger charge is -2.38. The van der Waals surface area contributed by atoms with Crippen molar-refractivity contribution in [2.24, 2.45) is 23.6 Å². The molecule has 1 fully saturated rings. The van der Waals surface area contributed by atoms with Gasteiger partial charge in [0.15, 0.2) is 0 Å². The predicted octanol–water partition coefficient (Wildman–Crippen LogP) is 3.23. The maximum Gasteiger partial charge on any atom is 0.392 e. The van der Waals surface area contributed by atoms with Crippen molar-refractivity contribution in [2.45, 2.75) is 58.2 Å². The molecule has 1 rings (SSSR count). The summed E-state index contributed by atoms with van der Waals surface area (Å²) in [7, 11) is 0. The van der Waals surface area contributed by atoms with E-state index in [1.165, 1.54) is 0 Å². The van der Waals surface area contributed by atoms with Crippen molar-refractivity contribution in [2.75, 3.05) is 0 Å². The van der Waals surface area contributed by atoms with Gasteiger partial charge in [-0.15, -0.1) is 0 Å². The zero-order chi connectivity index (χ0) is 13.1. The molecule has 0 amide bonds. The third-order valence-corrected chi connectivity index (χ3v) is 3.70.